The van der Waals surface area contributed by atoms with Crippen LogP contribution in [0.3, 0.4) is 0 Å². The molecule has 3 rings (SSSR count). The Hall–Kier alpha value is -2.50. The van der Waals surface area contributed by atoms with Gasteiger partial charge < -0.3 is 9.80 Å². The van der Waals surface area contributed by atoms with Crippen molar-refractivity contribution < 1.29 is 4.79 Å². The van der Waals surface area contributed by atoms with E-state index in [-0.39, 0.29) is 11.9 Å². The van der Waals surface area contributed by atoms with E-state index in [1.165, 1.54) is 12.7 Å². The first-order valence-electron chi connectivity index (χ1n) is 8.84. The zero-order valence-electron chi connectivity index (χ0n) is 14.9. The fraction of sp³-hybridized carbons (Fsp3) is 0.474. The number of hydrogen-bond acceptors (Lipinski definition) is 5. The molecule has 1 amide bonds. The Morgan fingerprint density at radius 3 is 2.80 bits per heavy atom. The van der Waals surface area contributed by atoms with E-state index in [0.717, 1.165) is 43.7 Å². The van der Waals surface area contributed by atoms with E-state index in [9.17, 15) is 4.79 Å². The van der Waals surface area contributed by atoms with Crippen LogP contribution in [0.25, 0.3) is 0 Å². The zero-order chi connectivity index (χ0) is 17.6. The molecule has 0 bridgehead atoms. The number of carbonyl (C=O) groups excluding carboxylic acids is 1. The van der Waals surface area contributed by atoms with Gasteiger partial charge in [0.05, 0.1) is 5.56 Å². The molecule has 0 saturated carbocycles. The standard InChI is InChI=1S/C19H25N5O/c1-23(2)18-8-5-6-16(22-18)9-10-17-7-3-4-11-24(17)19(25)15-12-20-14-21-13-15/h5-6,8,12-14,17H,3-4,7,9-11H2,1-2H3. The van der Waals surface area contributed by atoms with E-state index < -0.39 is 0 Å². The van der Waals surface area contributed by atoms with Crippen molar-refractivity contribution >= 4 is 11.7 Å². The summed E-state index contributed by atoms with van der Waals surface area (Å²) in [5.74, 6) is 1.01. The van der Waals surface area contributed by atoms with Gasteiger partial charge in [-0.25, -0.2) is 15.0 Å². The predicted molar refractivity (Wildman–Crippen MR) is 97.6 cm³/mol. The Bertz CT molecular complexity index is 704. The number of pyridine rings is 1. The lowest BCUT2D eigenvalue weighted by molar-refractivity contribution is 0.0600. The lowest BCUT2D eigenvalue weighted by atomic mass is 9.96. The molecule has 1 aliphatic rings. The summed E-state index contributed by atoms with van der Waals surface area (Å²) in [7, 11) is 3.99. The Balaban J connectivity index is 1.67. The van der Waals surface area contributed by atoms with Crippen LogP contribution in [0, 0.1) is 0 Å². The molecule has 0 N–H and O–H groups in total. The second-order valence-electron chi connectivity index (χ2n) is 6.70. The van der Waals surface area contributed by atoms with Crippen LogP contribution >= 0.6 is 0 Å². The summed E-state index contributed by atoms with van der Waals surface area (Å²) in [4.78, 5) is 29.4. The Kier molecular flexibility index (Phi) is 5.58. The number of likely N-dealkylation sites (tertiary alicyclic amines) is 1. The van der Waals surface area contributed by atoms with Crippen molar-refractivity contribution in [1.82, 2.24) is 19.9 Å². The quantitative estimate of drug-likeness (QED) is 0.838. The fourth-order valence-corrected chi connectivity index (χ4v) is 3.31. The van der Waals surface area contributed by atoms with E-state index in [4.69, 9.17) is 0 Å². The highest BCUT2D eigenvalue weighted by Gasteiger charge is 2.27. The van der Waals surface area contributed by atoms with Crippen LogP contribution < -0.4 is 4.90 Å². The molecule has 1 unspecified atom stereocenters. The molecule has 0 aromatic carbocycles. The lowest BCUT2D eigenvalue weighted by Crippen LogP contribution is -2.44. The van der Waals surface area contributed by atoms with Crippen LogP contribution in [0.5, 0.6) is 0 Å². The third-order valence-electron chi connectivity index (χ3n) is 4.68. The predicted octanol–water partition coefficient (Wildman–Crippen LogP) is 2.57. The first-order valence-corrected chi connectivity index (χ1v) is 8.84. The number of amides is 1. The number of nitrogens with zero attached hydrogens (tertiary/aromatic N) is 5. The normalized spacial score (nSPS) is 17.4. The summed E-state index contributed by atoms with van der Waals surface area (Å²) >= 11 is 0. The highest BCUT2D eigenvalue weighted by Crippen LogP contribution is 2.23. The molecule has 0 radical (unpaired) electrons. The smallest absolute Gasteiger partial charge is 0.257 e. The number of aromatic nitrogens is 3. The van der Waals surface area contributed by atoms with Crippen molar-refractivity contribution in [2.75, 3.05) is 25.5 Å². The number of carbonyl (C=O) groups is 1. The van der Waals surface area contributed by atoms with Gasteiger partial charge in [0.15, 0.2) is 0 Å². The molecule has 6 nitrogen and oxygen atoms in total. The highest BCUT2D eigenvalue weighted by atomic mass is 16.2. The van der Waals surface area contributed by atoms with Crippen molar-refractivity contribution in [2.45, 2.75) is 38.1 Å². The molecule has 2 aromatic rings. The van der Waals surface area contributed by atoms with Gasteiger partial charge in [-0.2, -0.15) is 0 Å². The average molecular weight is 339 g/mol. The third-order valence-corrected chi connectivity index (χ3v) is 4.68. The average Bonchev–Trinajstić information content (AvgIpc) is 2.67. The molecule has 0 aliphatic carbocycles. The van der Waals surface area contributed by atoms with Crippen molar-refractivity contribution in [3.05, 3.63) is 48.2 Å². The van der Waals surface area contributed by atoms with Crippen LogP contribution in [-0.2, 0) is 6.42 Å². The third kappa shape index (κ3) is 4.32. The van der Waals surface area contributed by atoms with Gasteiger partial charge in [0.1, 0.15) is 12.1 Å². The van der Waals surface area contributed by atoms with Crippen molar-refractivity contribution in [3.63, 3.8) is 0 Å². The molecule has 1 atom stereocenters. The van der Waals surface area contributed by atoms with Gasteiger partial charge in [-0.15, -0.1) is 0 Å². The van der Waals surface area contributed by atoms with E-state index >= 15 is 0 Å². The summed E-state index contributed by atoms with van der Waals surface area (Å²) in [5, 5.41) is 0. The molecule has 2 aromatic heterocycles. The van der Waals surface area contributed by atoms with Crippen LogP contribution in [-0.4, -0.2) is 52.4 Å². The summed E-state index contributed by atoms with van der Waals surface area (Å²) in [5.41, 5.74) is 1.65. The van der Waals surface area contributed by atoms with Gasteiger partial charge in [-0.05, 0) is 44.2 Å². The topological polar surface area (TPSA) is 62.2 Å². The Morgan fingerprint density at radius 2 is 2.04 bits per heavy atom. The molecule has 1 aliphatic heterocycles. The van der Waals surface area contributed by atoms with E-state index in [1.54, 1.807) is 12.4 Å². The highest BCUT2D eigenvalue weighted by molar-refractivity contribution is 5.93. The maximum absolute atomic E-state index is 12.8. The number of rotatable bonds is 5. The summed E-state index contributed by atoms with van der Waals surface area (Å²) in [6.07, 6.45) is 9.74. The molecule has 1 saturated heterocycles. The second kappa shape index (κ2) is 8.05. The number of piperidine rings is 1. The van der Waals surface area contributed by atoms with Gasteiger partial charge in [-0.3, -0.25) is 4.79 Å². The molecular formula is C19H25N5O. The van der Waals surface area contributed by atoms with Gasteiger partial charge in [0, 0.05) is 44.8 Å². The molecule has 6 heteroatoms. The van der Waals surface area contributed by atoms with Gasteiger partial charge in [-0.1, -0.05) is 6.07 Å². The molecule has 25 heavy (non-hydrogen) atoms. The van der Waals surface area contributed by atoms with Crippen molar-refractivity contribution in [3.8, 4) is 0 Å². The molecule has 3 heterocycles. The lowest BCUT2D eigenvalue weighted by Gasteiger charge is -2.36. The maximum atomic E-state index is 12.8. The SMILES string of the molecule is CN(C)c1cccc(CCC2CCCCN2C(=O)c2cncnc2)n1. The Labute approximate surface area is 148 Å². The van der Waals surface area contributed by atoms with Crippen LogP contribution in [0.1, 0.15) is 41.7 Å². The molecule has 0 spiro atoms. The number of aryl methyl sites for hydroxylation is 1. The van der Waals surface area contributed by atoms with Gasteiger partial charge >= 0.3 is 0 Å². The van der Waals surface area contributed by atoms with Gasteiger partial charge in [0.2, 0.25) is 0 Å². The van der Waals surface area contributed by atoms with Crippen LogP contribution in [0.2, 0.25) is 0 Å². The van der Waals surface area contributed by atoms with E-state index in [1.807, 2.05) is 36.0 Å². The fourth-order valence-electron chi connectivity index (χ4n) is 3.31. The minimum absolute atomic E-state index is 0.0419. The zero-order valence-corrected chi connectivity index (χ0v) is 14.9. The number of anilines is 1. The first kappa shape index (κ1) is 17.3. The minimum atomic E-state index is 0.0419. The van der Waals surface area contributed by atoms with Crippen LogP contribution in [0.4, 0.5) is 5.82 Å². The monoisotopic (exact) mass is 339 g/mol. The second-order valence-corrected chi connectivity index (χ2v) is 6.70. The van der Waals surface area contributed by atoms with E-state index in [0.29, 0.717) is 5.56 Å². The van der Waals surface area contributed by atoms with Crippen molar-refractivity contribution in [1.29, 1.82) is 0 Å². The molecule has 132 valence electrons. The van der Waals surface area contributed by atoms with Crippen molar-refractivity contribution in [2.24, 2.45) is 0 Å². The molecule has 1 fully saturated rings. The largest absolute Gasteiger partial charge is 0.363 e. The summed E-state index contributed by atoms with van der Waals surface area (Å²) in [6, 6.07) is 6.37. The first-order chi connectivity index (χ1) is 12.1. The van der Waals surface area contributed by atoms with E-state index in [2.05, 4.69) is 21.0 Å². The van der Waals surface area contributed by atoms with Crippen LogP contribution in [0.15, 0.2) is 36.9 Å². The Morgan fingerprint density at radius 1 is 1.24 bits per heavy atom. The number of hydrogen-bond donors (Lipinski definition) is 0. The molecular weight excluding hydrogens is 314 g/mol. The maximum Gasteiger partial charge on any atom is 0.257 e. The minimum Gasteiger partial charge on any atom is -0.363 e. The summed E-state index contributed by atoms with van der Waals surface area (Å²) in [6.45, 7) is 0.809. The van der Waals surface area contributed by atoms with Gasteiger partial charge in [0.25, 0.3) is 5.91 Å². The summed E-state index contributed by atoms with van der Waals surface area (Å²) < 4.78 is 0.